The Morgan fingerprint density at radius 3 is 2.62 bits per heavy atom. The Kier molecular flexibility index (Phi) is 6.23. The molecule has 0 amide bonds. The summed E-state index contributed by atoms with van der Waals surface area (Å²) in [7, 11) is 0. The Morgan fingerprint density at radius 2 is 2.08 bits per heavy atom. The van der Waals surface area contributed by atoms with Crippen molar-refractivity contribution in [2.45, 2.75) is 12.8 Å². The van der Waals surface area contributed by atoms with E-state index in [2.05, 4.69) is 11.3 Å². The molecule has 0 atom stereocenters. The summed E-state index contributed by atoms with van der Waals surface area (Å²) < 4.78 is 4.66. The molecule has 0 aliphatic heterocycles. The fraction of sp³-hybridized carbons (Fsp3) is 0.333. The number of aliphatic carboxylic acids is 1. The van der Waals surface area contributed by atoms with E-state index < -0.39 is 11.9 Å². The first-order valence-corrected chi connectivity index (χ1v) is 3.85. The lowest BCUT2D eigenvalue weighted by Gasteiger charge is -1.98. The van der Waals surface area contributed by atoms with Crippen LogP contribution in [0.15, 0.2) is 24.8 Å². The maximum absolute atomic E-state index is 10.7. The zero-order valence-electron chi connectivity index (χ0n) is 7.23. The number of rotatable bonds is 6. The Balaban J connectivity index is 3.51. The molecule has 4 nitrogen and oxygen atoms in total. The van der Waals surface area contributed by atoms with Crippen molar-refractivity contribution in [1.29, 1.82) is 0 Å². The molecule has 0 spiro atoms. The highest BCUT2D eigenvalue weighted by atomic mass is 16.5. The van der Waals surface area contributed by atoms with Crippen molar-refractivity contribution < 1.29 is 19.4 Å². The Labute approximate surface area is 76.5 Å². The maximum atomic E-state index is 10.7. The van der Waals surface area contributed by atoms with Gasteiger partial charge in [0.2, 0.25) is 0 Å². The predicted octanol–water partition coefficient (Wildman–Crippen LogP) is 1.14. The molecule has 0 unspecified atom stereocenters. The van der Waals surface area contributed by atoms with Gasteiger partial charge < -0.3 is 9.84 Å². The van der Waals surface area contributed by atoms with Crippen molar-refractivity contribution in [3.05, 3.63) is 24.8 Å². The van der Waals surface area contributed by atoms with Crippen molar-refractivity contribution in [3.8, 4) is 0 Å². The van der Waals surface area contributed by atoms with Crippen LogP contribution < -0.4 is 0 Å². The average Bonchev–Trinajstić information content (AvgIpc) is 2.09. The van der Waals surface area contributed by atoms with Gasteiger partial charge in [0.1, 0.15) is 0 Å². The van der Waals surface area contributed by atoms with Gasteiger partial charge in [-0.25, -0.2) is 9.59 Å². The Morgan fingerprint density at radius 1 is 1.38 bits per heavy atom. The van der Waals surface area contributed by atoms with E-state index in [4.69, 9.17) is 5.11 Å². The second-order valence-corrected chi connectivity index (χ2v) is 2.27. The van der Waals surface area contributed by atoms with Crippen molar-refractivity contribution in [2.24, 2.45) is 0 Å². The maximum Gasteiger partial charge on any atom is 0.331 e. The highest BCUT2D eigenvalue weighted by Gasteiger charge is 1.96. The van der Waals surface area contributed by atoms with Crippen LogP contribution in [0.3, 0.4) is 0 Å². The van der Waals surface area contributed by atoms with Gasteiger partial charge in [0.25, 0.3) is 0 Å². The number of carboxylic acid groups (broad SMARTS) is 1. The van der Waals surface area contributed by atoms with E-state index in [1.54, 1.807) is 6.08 Å². The number of unbranched alkanes of at least 4 members (excludes halogenated alkanes) is 1. The first-order chi connectivity index (χ1) is 6.16. The summed E-state index contributed by atoms with van der Waals surface area (Å²) in [4.78, 5) is 20.7. The SMILES string of the molecule is C=CCCCOC(=O)C=CC(=O)O. The van der Waals surface area contributed by atoms with Gasteiger partial charge >= 0.3 is 11.9 Å². The summed E-state index contributed by atoms with van der Waals surface area (Å²) in [6.45, 7) is 3.79. The lowest BCUT2D eigenvalue weighted by atomic mass is 10.3. The van der Waals surface area contributed by atoms with E-state index in [1.807, 2.05) is 0 Å². The number of hydrogen-bond acceptors (Lipinski definition) is 3. The predicted molar refractivity (Wildman–Crippen MR) is 47.2 cm³/mol. The van der Waals surface area contributed by atoms with Crippen LogP contribution in [0.1, 0.15) is 12.8 Å². The molecule has 0 aromatic carbocycles. The van der Waals surface area contributed by atoms with Crippen LogP contribution in [-0.2, 0) is 14.3 Å². The largest absolute Gasteiger partial charge is 0.478 e. The molecule has 0 radical (unpaired) electrons. The summed E-state index contributed by atoms with van der Waals surface area (Å²) >= 11 is 0. The Hall–Kier alpha value is -1.58. The Bertz CT molecular complexity index is 218. The van der Waals surface area contributed by atoms with E-state index in [0.29, 0.717) is 6.42 Å². The topological polar surface area (TPSA) is 63.6 Å². The summed E-state index contributed by atoms with van der Waals surface area (Å²) in [6, 6.07) is 0. The molecule has 0 fully saturated rings. The van der Waals surface area contributed by atoms with Crippen LogP contribution >= 0.6 is 0 Å². The van der Waals surface area contributed by atoms with Gasteiger partial charge in [-0.3, -0.25) is 0 Å². The zero-order valence-corrected chi connectivity index (χ0v) is 7.23. The third kappa shape index (κ3) is 8.33. The minimum atomic E-state index is -1.16. The number of carboxylic acids is 1. The second kappa shape index (κ2) is 7.09. The lowest BCUT2D eigenvalue weighted by Crippen LogP contribution is -2.03. The average molecular weight is 184 g/mol. The molecule has 13 heavy (non-hydrogen) atoms. The molecular weight excluding hydrogens is 172 g/mol. The molecule has 0 aliphatic carbocycles. The van der Waals surface area contributed by atoms with Crippen molar-refractivity contribution in [2.75, 3.05) is 6.61 Å². The monoisotopic (exact) mass is 184 g/mol. The quantitative estimate of drug-likeness (QED) is 0.291. The number of allylic oxidation sites excluding steroid dienone is 1. The number of ether oxygens (including phenoxy) is 1. The molecule has 0 bridgehead atoms. The molecule has 0 saturated carbocycles. The van der Waals surface area contributed by atoms with Gasteiger partial charge in [-0.2, -0.15) is 0 Å². The van der Waals surface area contributed by atoms with Crippen molar-refractivity contribution in [3.63, 3.8) is 0 Å². The number of hydrogen-bond donors (Lipinski definition) is 1. The van der Waals surface area contributed by atoms with Crippen molar-refractivity contribution >= 4 is 11.9 Å². The molecule has 0 aromatic rings. The molecule has 0 aromatic heterocycles. The van der Waals surface area contributed by atoms with E-state index in [1.165, 1.54) is 0 Å². The third-order valence-electron chi connectivity index (χ3n) is 1.16. The fourth-order valence-electron chi connectivity index (χ4n) is 0.588. The first kappa shape index (κ1) is 11.4. The van der Waals surface area contributed by atoms with Crippen molar-refractivity contribution in [1.82, 2.24) is 0 Å². The third-order valence-corrected chi connectivity index (χ3v) is 1.16. The minimum Gasteiger partial charge on any atom is -0.478 e. The standard InChI is InChI=1S/C9H12O4/c1-2-3-4-7-13-9(12)6-5-8(10)11/h2,5-6H,1,3-4,7H2,(H,10,11). The minimum absolute atomic E-state index is 0.287. The van der Waals surface area contributed by atoms with Gasteiger partial charge in [-0.05, 0) is 12.8 Å². The van der Waals surface area contributed by atoms with Gasteiger partial charge in [-0.1, -0.05) is 6.08 Å². The van der Waals surface area contributed by atoms with E-state index in [-0.39, 0.29) is 6.61 Å². The van der Waals surface area contributed by atoms with Gasteiger partial charge in [0.15, 0.2) is 0 Å². The molecule has 0 heterocycles. The van der Waals surface area contributed by atoms with E-state index in [0.717, 1.165) is 18.6 Å². The highest BCUT2D eigenvalue weighted by molar-refractivity contribution is 5.90. The second-order valence-electron chi connectivity index (χ2n) is 2.27. The molecule has 0 saturated heterocycles. The molecule has 72 valence electrons. The van der Waals surface area contributed by atoms with Crippen LogP contribution in [0.4, 0.5) is 0 Å². The van der Waals surface area contributed by atoms with Gasteiger partial charge in [0.05, 0.1) is 6.61 Å². The molecule has 0 rings (SSSR count). The number of esters is 1. The first-order valence-electron chi connectivity index (χ1n) is 3.85. The smallest absolute Gasteiger partial charge is 0.331 e. The van der Waals surface area contributed by atoms with Crippen LogP contribution in [0.2, 0.25) is 0 Å². The molecular formula is C9H12O4. The molecule has 0 aliphatic rings. The molecule has 4 heteroatoms. The van der Waals surface area contributed by atoms with Gasteiger partial charge in [0, 0.05) is 12.2 Å². The van der Waals surface area contributed by atoms with Crippen LogP contribution in [0.25, 0.3) is 0 Å². The van der Waals surface area contributed by atoms with E-state index in [9.17, 15) is 9.59 Å². The number of carbonyl (C=O) groups is 2. The van der Waals surface area contributed by atoms with Gasteiger partial charge in [-0.15, -0.1) is 6.58 Å². The van der Waals surface area contributed by atoms with Crippen LogP contribution in [0.5, 0.6) is 0 Å². The normalized spacial score (nSPS) is 9.85. The summed E-state index contributed by atoms with van der Waals surface area (Å²) in [6.07, 6.45) is 4.83. The highest BCUT2D eigenvalue weighted by Crippen LogP contribution is 1.91. The lowest BCUT2D eigenvalue weighted by molar-refractivity contribution is -0.138. The fourth-order valence-corrected chi connectivity index (χ4v) is 0.588. The molecule has 1 N–H and O–H groups in total. The summed E-state index contributed by atoms with van der Waals surface area (Å²) in [5.41, 5.74) is 0. The van der Waals surface area contributed by atoms with Crippen LogP contribution in [0, 0.1) is 0 Å². The summed E-state index contributed by atoms with van der Waals surface area (Å²) in [5.74, 6) is -1.80. The zero-order chi connectivity index (χ0) is 10.1. The van der Waals surface area contributed by atoms with Crippen LogP contribution in [-0.4, -0.2) is 23.7 Å². The number of carbonyl (C=O) groups excluding carboxylic acids is 1. The van der Waals surface area contributed by atoms with E-state index >= 15 is 0 Å². The summed E-state index contributed by atoms with van der Waals surface area (Å²) in [5, 5.41) is 8.16.